The highest BCUT2D eigenvalue weighted by Gasteiger charge is 2.45. The van der Waals surface area contributed by atoms with E-state index in [-0.39, 0.29) is 0 Å². The van der Waals surface area contributed by atoms with Crippen molar-refractivity contribution in [2.45, 2.75) is 0 Å². The highest BCUT2D eigenvalue weighted by atomic mass is 32.5. The minimum Gasteiger partial charge on any atom is -0.0622 e. The molecular weight excluding hydrogens is 477 g/mol. The van der Waals surface area contributed by atoms with Crippen LogP contribution in [-0.4, -0.2) is 0 Å². The van der Waals surface area contributed by atoms with Gasteiger partial charge in [0.2, 0.25) is 0 Å². The third kappa shape index (κ3) is 4.44. The van der Waals surface area contributed by atoms with Crippen molar-refractivity contribution in [2.24, 2.45) is 0 Å². The molecule has 0 unspecified atom stereocenters. The summed E-state index contributed by atoms with van der Waals surface area (Å²) in [7, 11) is -1.63. The van der Waals surface area contributed by atoms with Crippen LogP contribution in [0.15, 0.2) is 152 Å². The SMILES string of the molecule is c1ccc(C2=C(c3ccccc3)[P@](c3ccccc3)P(c3ccccc3)[P@@]2c2ccccc2)cc1. The van der Waals surface area contributed by atoms with Crippen molar-refractivity contribution < 1.29 is 0 Å². The van der Waals surface area contributed by atoms with Crippen LogP contribution in [0.25, 0.3) is 10.6 Å². The van der Waals surface area contributed by atoms with Crippen LogP contribution in [0.4, 0.5) is 0 Å². The molecule has 0 bridgehead atoms. The second-order valence-corrected chi connectivity index (χ2v) is 18.4. The number of benzene rings is 5. The summed E-state index contributed by atoms with van der Waals surface area (Å²) in [5, 5.41) is 7.58. The van der Waals surface area contributed by atoms with Gasteiger partial charge < -0.3 is 0 Å². The summed E-state index contributed by atoms with van der Waals surface area (Å²) in [6, 6.07) is 56.2. The average Bonchev–Trinajstić information content (AvgIpc) is 3.32. The molecule has 3 heteroatoms. The van der Waals surface area contributed by atoms with Gasteiger partial charge in [-0.1, -0.05) is 152 Å². The van der Waals surface area contributed by atoms with Crippen LogP contribution in [0.3, 0.4) is 0 Å². The molecule has 6 rings (SSSR count). The molecule has 0 amide bonds. The van der Waals surface area contributed by atoms with Crippen molar-refractivity contribution in [3.05, 3.63) is 163 Å². The van der Waals surface area contributed by atoms with Gasteiger partial charge in [-0.2, -0.15) is 0 Å². The van der Waals surface area contributed by atoms with Gasteiger partial charge in [0.15, 0.2) is 0 Å². The quantitative estimate of drug-likeness (QED) is 0.211. The maximum Gasteiger partial charge on any atom is 0.00163 e. The molecule has 168 valence electrons. The summed E-state index contributed by atoms with van der Waals surface area (Å²) in [6.45, 7) is 0. The normalized spacial score (nSPS) is 18.1. The van der Waals surface area contributed by atoms with E-state index in [0.29, 0.717) is 0 Å². The van der Waals surface area contributed by atoms with Crippen molar-refractivity contribution in [3.8, 4) is 0 Å². The van der Waals surface area contributed by atoms with Crippen molar-refractivity contribution in [1.82, 2.24) is 0 Å². The lowest BCUT2D eigenvalue weighted by molar-refractivity contribution is 1.63. The van der Waals surface area contributed by atoms with Crippen molar-refractivity contribution in [1.29, 1.82) is 0 Å². The van der Waals surface area contributed by atoms with Crippen LogP contribution < -0.4 is 15.9 Å². The average molecular weight is 502 g/mol. The zero-order valence-electron chi connectivity index (χ0n) is 19.3. The molecule has 0 aromatic heterocycles. The van der Waals surface area contributed by atoms with E-state index < -0.39 is 22.5 Å². The Labute approximate surface area is 211 Å². The maximum atomic E-state index is 2.37. The highest BCUT2D eigenvalue weighted by molar-refractivity contribution is 8.71. The van der Waals surface area contributed by atoms with Crippen molar-refractivity contribution in [2.75, 3.05) is 0 Å². The Morgan fingerprint density at radius 2 is 0.571 bits per heavy atom. The minimum atomic E-state index is -0.572. The molecule has 0 nitrogen and oxygen atoms in total. The molecule has 5 aromatic carbocycles. The predicted octanol–water partition coefficient (Wildman–Crippen LogP) is 8.78. The van der Waals surface area contributed by atoms with Gasteiger partial charge in [0, 0.05) is 10.6 Å². The third-order valence-electron chi connectivity index (χ3n) is 6.11. The van der Waals surface area contributed by atoms with Crippen LogP contribution in [-0.2, 0) is 0 Å². The number of rotatable bonds is 5. The molecule has 0 spiro atoms. The van der Waals surface area contributed by atoms with Gasteiger partial charge in [-0.05, 0) is 49.6 Å². The second-order valence-electron chi connectivity index (χ2n) is 8.35. The molecule has 0 aliphatic carbocycles. The van der Waals surface area contributed by atoms with E-state index >= 15 is 0 Å². The summed E-state index contributed by atoms with van der Waals surface area (Å²) in [6.07, 6.45) is 0. The number of hydrogen-bond acceptors (Lipinski definition) is 0. The van der Waals surface area contributed by atoms with Gasteiger partial charge in [-0.25, -0.2) is 0 Å². The molecule has 1 aliphatic rings. The van der Waals surface area contributed by atoms with E-state index in [1.165, 1.54) is 27.0 Å². The zero-order chi connectivity index (χ0) is 23.5. The van der Waals surface area contributed by atoms with Crippen LogP contribution in [0.1, 0.15) is 11.1 Å². The fraction of sp³-hybridized carbons (Fsp3) is 0. The zero-order valence-corrected chi connectivity index (χ0v) is 22.0. The summed E-state index contributed by atoms with van der Waals surface area (Å²) >= 11 is 0. The van der Waals surface area contributed by atoms with E-state index in [4.69, 9.17) is 0 Å². The number of hydrogen-bond donors (Lipinski definition) is 0. The van der Waals surface area contributed by atoms with Gasteiger partial charge in [-0.3, -0.25) is 0 Å². The maximum absolute atomic E-state index is 2.37. The van der Waals surface area contributed by atoms with Crippen molar-refractivity contribution >= 4 is 49.1 Å². The Hall–Kier alpha value is -2.87. The fourth-order valence-electron chi connectivity index (χ4n) is 4.60. The van der Waals surface area contributed by atoms with Gasteiger partial charge in [0.25, 0.3) is 0 Å². The Balaban J connectivity index is 1.72. The topological polar surface area (TPSA) is 0 Å². The molecule has 1 aliphatic heterocycles. The molecule has 0 saturated carbocycles. The van der Waals surface area contributed by atoms with E-state index in [0.717, 1.165) is 0 Å². The van der Waals surface area contributed by atoms with Crippen LogP contribution >= 0.6 is 22.5 Å². The lowest BCUT2D eigenvalue weighted by atomic mass is 10.1. The smallest absolute Gasteiger partial charge is 0.00163 e. The summed E-state index contributed by atoms with van der Waals surface area (Å²) < 4.78 is 0. The molecule has 0 N–H and O–H groups in total. The Bertz CT molecular complexity index is 1320. The van der Waals surface area contributed by atoms with Gasteiger partial charge >= 0.3 is 0 Å². The first kappa shape index (κ1) is 22.6. The predicted molar refractivity (Wildman–Crippen MR) is 159 cm³/mol. The fourth-order valence-corrected chi connectivity index (χ4v) is 22.8. The molecule has 0 saturated heterocycles. The van der Waals surface area contributed by atoms with E-state index in [1.54, 1.807) is 10.6 Å². The van der Waals surface area contributed by atoms with Gasteiger partial charge in [0.1, 0.15) is 0 Å². The molecule has 2 atom stereocenters. The monoisotopic (exact) mass is 502 g/mol. The third-order valence-corrected chi connectivity index (χ3v) is 20.7. The van der Waals surface area contributed by atoms with Crippen LogP contribution in [0, 0.1) is 0 Å². The van der Waals surface area contributed by atoms with Crippen LogP contribution in [0.5, 0.6) is 0 Å². The van der Waals surface area contributed by atoms with E-state index in [2.05, 4.69) is 152 Å². The highest BCUT2D eigenvalue weighted by Crippen LogP contribution is 2.98. The van der Waals surface area contributed by atoms with E-state index in [1.807, 2.05) is 0 Å². The molecule has 0 radical (unpaired) electrons. The summed E-state index contributed by atoms with van der Waals surface area (Å²) in [5.74, 6) is 0. The summed E-state index contributed by atoms with van der Waals surface area (Å²) in [4.78, 5) is 0. The first-order chi connectivity index (χ1) is 17.4. The minimum absolute atomic E-state index is 0.490. The molecule has 1 heterocycles. The van der Waals surface area contributed by atoms with Gasteiger partial charge in [-0.15, -0.1) is 0 Å². The standard InChI is InChI=1S/C32H25P3/c1-6-16-26(17-7-1)31-32(27-18-8-2-9-19-27)34(29-22-12-4-13-23-29)35(30-24-14-5-15-25-30)33(31)28-20-10-3-11-21-28/h1-25H/t33-,34-/m0/s1. The molecular formula is C32H25P3. The van der Waals surface area contributed by atoms with Crippen molar-refractivity contribution in [3.63, 3.8) is 0 Å². The Kier molecular flexibility index (Phi) is 6.71. The van der Waals surface area contributed by atoms with Gasteiger partial charge in [0.05, 0.1) is 0 Å². The molecule has 35 heavy (non-hydrogen) atoms. The summed E-state index contributed by atoms with van der Waals surface area (Å²) in [5.41, 5.74) is 2.73. The Morgan fingerprint density at radius 3 is 0.914 bits per heavy atom. The molecule has 5 aromatic rings. The first-order valence-electron chi connectivity index (χ1n) is 11.8. The van der Waals surface area contributed by atoms with Crippen LogP contribution in [0.2, 0.25) is 0 Å². The largest absolute Gasteiger partial charge is 0.0622 e. The first-order valence-corrected chi connectivity index (χ1v) is 17.3. The molecule has 0 fully saturated rings. The van der Waals surface area contributed by atoms with E-state index in [9.17, 15) is 0 Å². The Morgan fingerprint density at radius 1 is 0.286 bits per heavy atom. The lowest BCUT2D eigenvalue weighted by Gasteiger charge is -2.29. The lowest BCUT2D eigenvalue weighted by Crippen LogP contribution is -2.06. The second kappa shape index (κ2) is 10.4.